The zero-order chi connectivity index (χ0) is 17.8. The highest BCUT2D eigenvalue weighted by Gasteiger charge is 2.24. The summed E-state index contributed by atoms with van der Waals surface area (Å²) in [6, 6.07) is 7.64. The second kappa shape index (κ2) is 7.43. The van der Waals surface area contributed by atoms with Gasteiger partial charge in [-0.2, -0.15) is 0 Å². The van der Waals surface area contributed by atoms with Crippen LogP contribution in [-0.4, -0.2) is 38.0 Å². The van der Waals surface area contributed by atoms with Crippen molar-refractivity contribution in [2.24, 2.45) is 0 Å². The van der Waals surface area contributed by atoms with Gasteiger partial charge in [-0.3, -0.25) is 14.8 Å². The number of nitrogens with zero attached hydrogens (tertiary/aromatic N) is 4. The molecule has 132 valence electrons. The van der Waals surface area contributed by atoms with Gasteiger partial charge in [-0.25, -0.2) is 9.97 Å². The standard InChI is InChI=1S/C19H19N5O2/c25-19(17-11-22-15-3-1-2-4-16(15)24-17)23-13-5-7-14(8-6-13)26-18-12-20-9-10-21-18/h1-4,9-14H,5-8H2,(H,23,25). The highest BCUT2D eigenvalue weighted by molar-refractivity contribution is 5.93. The van der Waals surface area contributed by atoms with Crippen LogP contribution in [0.5, 0.6) is 5.88 Å². The monoisotopic (exact) mass is 349 g/mol. The average Bonchev–Trinajstić information content (AvgIpc) is 2.70. The van der Waals surface area contributed by atoms with Crippen LogP contribution in [0.15, 0.2) is 49.1 Å². The third-order valence-corrected chi connectivity index (χ3v) is 4.52. The first-order valence-electron chi connectivity index (χ1n) is 8.73. The van der Waals surface area contributed by atoms with Gasteiger partial charge < -0.3 is 10.1 Å². The summed E-state index contributed by atoms with van der Waals surface area (Å²) in [4.78, 5) is 29.3. The van der Waals surface area contributed by atoms with Crippen LogP contribution >= 0.6 is 0 Å². The zero-order valence-electron chi connectivity index (χ0n) is 14.2. The van der Waals surface area contributed by atoms with Crippen molar-refractivity contribution >= 4 is 16.9 Å². The molecule has 26 heavy (non-hydrogen) atoms. The number of nitrogens with one attached hydrogen (secondary N) is 1. The normalized spacial score (nSPS) is 19.8. The summed E-state index contributed by atoms with van der Waals surface area (Å²) in [5.41, 5.74) is 1.86. The van der Waals surface area contributed by atoms with Gasteiger partial charge in [-0.05, 0) is 37.8 Å². The zero-order valence-corrected chi connectivity index (χ0v) is 14.2. The SMILES string of the molecule is O=C(NC1CCC(Oc2cnccn2)CC1)c1cnc2ccccc2n1. The molecule has 3 aromatic rings. The van der Waals surface area contributed by atoms with E-state index in [1.807, 2.05) is 24.3 Å². The lowest BCUT2D eigenvalue weighted by atomic mass is 9.93. The molecule has 1 saturated carbocycles. The Morgan fingerprint density at radius 3 is 2.58 bits per heavy atom. The largest absolute Gasteiger partial charge is 0.473 e. The predicted molar refractivity (Wildman–Crippen MR) is 95.7 cm³/mol. The molecule has 4 rings (SSSR count). The van der Waals surface area contributed by atoms with Crippen LogP contribution < -0.4 is 10.1 Å². The van der Waals surface area contributed by atoms with Crippen molar-refractivity contribution in [1.29, 1.82) is 0 Å². The molecule has 1 amide bonds. The highest BCUT2D eigenvalue weighted by atomic mass is 16.5. The molecule has 0 atom stereocenters. The Morgan fingerprint density at radius 2 is 1.81 bits per heavy atom. The van der Waals surface area contributed by atoms with Gasteiger partial charge in [-0.15, -0.1) is 0 Å². The van der Waals surface area contributed by atoms with Gasteiger partial charge in [0.05, 0.1) is 23.4 Å². The topological polar surface area (TPSA) is 89.9 Å². The van der Waals surface area contributed by atoms with E-state index in [9.17, 15) is 4.79 Å². The number of fused-ring (bicyclic) bond motifs is 1. The van der Waals surface area contributed by atoms with E-state index >= 15 is 0 Å². The fourth-order valence-electron chi connectivity index (χ4n) is 3.17. The Morgan fingerprint density at radius 1 is 1.00 bits per heavy atom. The number of carbonyl (C=O) groups is 1. The van der Waals surface area contributed by atoms with Gasteiger partial charge in [0, 0.05) is 18.4 Å². The lowest BCUT2D eigenvalue weighted by molar-refractivity contribution is 0.0885. The van der Waals surface area contributed by atoms with Crippen LogP contribution in [-0.2, 0) is 0 Å². The maximum Gasteiger partial charge on any atom is 0.271 e. The van der Waals surface area contributed by atoms with Crippen molar-refractivity contribution < 1.29 is 9.53 Å². The molecule has 1 fully saturated rings. The van der Waals surface area contributed by atoms with Gasteiger partial charge in [0.2, 0.25) is 5.88 Å². The van der Waals surface area contributed by atoms with Crippen LogP contribution in [0.4, 0.5) is 0 Å². The fraction of sp³-hybridized carbons (Fsp3) is 0.316. The van der Waals surface area contributed by atoms with Crippen molar-refractivity contribution in [3.8, 4) is 5.88 Å². The summed E-state index contributed by atoms with van der Waals surface area (Å²) in [6.45, 7) is 0. The van der Waals surface area contributed by atoms with Gasteiger partial charge in [0.1, 0.15) is 11.8 Å². The molecule has 0 radical (unpaired) electrons. The van der Waals surface area contributed by atoms with Crippen molar-refractivity contribution in [3.63, 3.8) is 0 Å². The molecule has 0 aliphatic heterocycles. The first kappa shape index (κ1) is 16.4. The Bertz CT molecular complexity index is 895. The summed E-state index contributed by atoms with van der Waals surface area (Å²) in [6.07, 6.45) is 9.94. The van der Waals surface area contributed by atoms with E-state index in [1.54, 1.807) is 18.6 Å². The minimum atomic E-state index is -0.179. The number of hydrogen-bond acceptors (Lipinski definition) is 6. The summed E-state index contributed by atoms with van der Waals surface area (Å²) >= 11 is 0. The number of amides is 1. The van der Waals surface area contributed by atoms with Gasteiger partial charge in [0.15, 0.2) is 0 Å². The van der Waals surface area contributed by atoms with Crippen molar-refractivity contribution in [3.05, 3.63) is 54.7 Å². The number of hydrogen-bond donors (Lipinski definition) is 1. The van der Waals surface area contributed by atoms with E-state index in [-0.39, 0.29) is 18.1 Å². The number of rotatable bonds is 4. The minimum Gasteiger partial charge on any atom is -0.473 e. The summed E-state index contributed by atoms with van der Waals surface area (Å²) in [5, 5.41) is 3.06. The first-order valence-corrected chi connectivity index (χ1v) is 8.73. The Kier molecular flexibility index (Phi) is 4.68. The molecule has 1 aliphatic carbocycles. The van der Waals surface area contributed by atoms with Crippen molar-refractivity contribution in [1.82, 2.24) is 25.3 Å². The predicted octanol–water partition coefficient (Wildman–Crippen LogP) is 2.54. The van der Waals surface area contributed by atoms with E-state index in [1.165, 1.54) is 6.20 Å². The van der Waals surface area contributed by atoms with Crippen LogP contribution in [0.1, 0.15) is 36.2 Å². The van der Waals surface area contributed by atoms with Gasteiger partial charge in [-0.1, -0.05) is 12.1 Å². The van der Waals surface area contributed by atoms with Crippen LogP contribution in [0.2, 0.25) is 0 Å². The maximum absolute atomic E-state index is 12.5. The van der Waals surface area contributed by atoms with E-state index in [0.29, 0.717) is 11.6 Å². The summed E-state index contributed by atoms with van der Waals surface area (Å²) in [7, 11) is 0. The van der Waals surface area contributed by atoms with Crippen molar-refractivity contribution in [2.75, 3.05) is 0 Å². The van der Waals surface area contributed by atoms with Crippen LogP contribution in [0, 0.1) is 0 Å². The molecule has 0 unspecified atom stereocenters. The molecule has 0 bridgehead atoms. The van der Waals surface area contributed by atoms with Gasteiger partial charge >= 0.3 is 0 Å². The Hall–Kier alpha value is -3.09. The molecule has 0 saturated heterocycles. The van der Waals surface area contributed by atoms with E-state index in [2.05, 4.69) is 25.3 Å². The third-order valence-electron chi connectivity index (χ3n) is 4.52. The smallest absolute Gasteiger partial charge is 0.271 e. The summed E-state index contributed by atoms with van der Waals surface area (Å²) in [5.74, 6) is 0.368. The van der Waals surface area contributed by atoms with Crippen molar-refractivity contribution in [2.45, 2.75) is 37.8 Å². The summed E-state index contributed by atoms with van der Waals surface area (Å²) < 4.78 is 5.83. The molecule has 7 heteroatoms. The Labute approximate surface area is 150 Å². The fourth-order valence-corrected chi connectivity index (χ4v) is 3.17. The Balaban J connectivity index is 1.32. The number of ether oxygens (including phenoxy) is 1. The highest BCUT2D eigenvalue weighted by Crippen LogP contribution is 2.22. The van der Waals surface area contributed by atoms with Gasteiger partial charge in [0.25, 0.3) is 5.91 Å². The third kappa shape index (κ3) is 3.77. The molecular formula is C19H19N5O2. The molecule has 0 spiro atoms. The molecule has 1 aliphatic rings. The number of aromatic nitrogens is 4. The number of para-hydroxylation sites is 2. The molecule has 7 nitrogen and oxygen atoms in total. The van der Waals surface area contributed by atoms with E-state index in [4.69, 9.17) is 4.74 Å². The molecule has 2 heterocycles. The quantitative estimate of drug-likeness (QED) is 0.778. The molecule has 1 aromatic carbocycles. The second-order valence-electron chi connectivity index (χ2n) is 6.35. The molecule has 2 aromatic heterocycles. The first-order chi connectivity index (χ1) is 12.8. The van der Waals surface area contributed by atoms with Crippen LogP contribution in [0.3, 0.4) is 0 Å². The molecule has 1 N–H and O–H groups in total. The van der Waals surface area contributed by atoms with E-state index in [0.717, 1.165) is 36.7 Å². The second-order valence-corrected chi connectivity index (χ2v) is 6.35. The average molecular weight is 349 g/mol. The number of carbonyl (C=O) groups excluding carboxylic acids is 1. The lowest BCUT2D eigenvalue weighted by Gasteiger charge is -2.29. The lowest BCUT2D eigenvalue weighted by Crippen LogP contribution is -2.40. The number of benzene rings is 1. The van der Waals surface area contributed by atoms with Crippen LogP contribution in [0.25, 0.3) is 11.0 Å². The maximum atomic E-state index is 12.5. The van der Waals surface area contributed by atoms with E-state index < -0.39 is 0 Å². The molecular weight excluding hydrogens is 330 g/mol. The minimum absolute atomic E-state index is 0.111.